The van der Waals surface area contributed by atoms with Crippen LogP contribution < -0.4 is 49.1 Å². The van der Waals surface area contributed by atoms with Crippen molar-refractivity contribution in [2.24, 2.45) is 23.3 Å². The number of nitrogens with two attached hydrogens (primary N) is 3. The van der Waals surface area contributed by atoms with E-state index in [2.05, 4.69) is 38.5 Å². The number of hydrogen-bond acceptors (Lipinski definition) is 10. The van der Waals surface area contributed by atoms with Crippen LogP contribution in [0.2, 0.25) is 0 Å². The summed E-state index contributed by atoms with van der Waals surface area (Å²) in [6.07, 6.45) is 16.3. The Morgan fingerprint density at radius 3 is 1.25 bits per heavy atom. The van der Waals surface area contributed by atoms with Crippen molar-refractivity contribution in [2.75, 3.05) is 18.8 Å². The normalized spacial score (nSPS) is 23.0. The molecule has 5 fully saturated rings. The molecule has 5 amide bonds. The van der Waals surface area contributed by atoms with E-state index < -0.39 is 0 Å². The van der Waals surface area contributed by atoms with Crippen molar-refractivity contribution in [3.05, 3.63) is 71.9 Å². The molecule has 0 radical (unpaired) electrons. The molecule has 0 aromatic heterocycles. The largest absolute Gasteiger partial charge is 0.508 e. The number of carbonyl (C=O) groups excluding carboxylic acids is 5. The Balaban J connectivity index is 0. The van der Waals surface area contributed by atoms with Crippen LogP contribution in [0.15, 0.2) is 60.8 Å². The Kier molecular flexibility index (Phi) is 33.8. The zero-order valence-corrected chi connectivity index (χ0v) is 44.6. The molecule has 2 saturated carbocycles. The Hall–Kier alpha value is -3.05. The zero-order chi connectivity index (χ0) is 43.7. The van der Waals surface area contributed by atoms with Crippen LogP contribution in [0.25, 0.3) is 0 Å². The summed E-state index contributed by atoms with van der Waals surface area (Å²) in [5.41, 5.74) is 20.1. The van der Waals surface area contributed by atoms with E-state index in [-0.39, 0.29) is 153 Å². The van der Waals surface area contributed by atoms with E-state index in [9.17, 15) is 29.1 Å². The summed E-state index contributed by atoms with van der Waals surface area (Å²) < 4.78 is 0. The van der Waals surface area contributed by atoms with Gasteiger partial charge in [0.15, 0.2) is 0 Å². The topological polar surface area (TPSA) is 256 Å². The number of hydrogen-bond donors (Lipinski definition) is 10. The van der Waals surface area contributed by atoms with Crippen LogP contribution in [0.1, 0.15) is 107 Å². The summed E-state index contributed by atoms with van der Waals surface area (Å²) in [4.78, 5) is 60.1. The van der Waals surface area contributed by atoms with E-state index in [0.29, 0.717) is 50.6 Å². The molecule has 21 heteroatoms. The number of anilines is 1. The lowest BCUT2D eigenvalue weighted by molar-refractivity contribution is -0.137. The van der Waals surface area contributed by atoms with E-state index in [1.54, 1.807) is 12.1 Å². The second kappa shape index (κ2) is 34.3. The van der Waals surface area contributed by atoms with Gasteiger partial charge in [-0.1, -0.05) is 75.8 Å². The Morgan fingerprint density at radius 2 is 0.836 bits per heavy atom. The average molecular weight is 1050 g/mol. The molecular weight excluding hydrogens is 967 g/mol. The molecule has 15 nitrogen and oxygen atoms in total. The van der Waals surface area contributed by atoms with Crippen molar-refractivity contribution in [3.63, 3.8) is 0 Å². The van der Waals surface area contributed by atoms with E-state index >= 15 is 0 Å². The molecule has 3 aliphatic heterocycles. The monoisotopic (exact) mass is 1050 g/mol. The molecule has 7 rings (SSSR count). The highest BCUT2D eigenvalue weighted by atomic mass is 32.1. The molecule has 2 aromatic rings. The van der Waals surface area contributed by atoms with Crippen molar-refractivity contribution in [3.8, 4) is 5.75 Å². The van der Waals surface area contributed by atoms with Gasteiger partial charge >= 0.3 is 0 Å². The zero-order valence-electron chi connectivity index (χ0n) is 38.6. The summed E-state index contributed by atoms with van der Waals surface area (Å²) in [5, 5.41) is 27.0. The van der Waals surface area contributed by atoms with E-state index in [4.69, 9.17) is 17.2 Å². The number of benzene rings is 2. The Morgan fingerprint density at radius 1 is 0.478 bits per heavy atom. The number of nitrogen functional groups attached to an aromatic ring is 1. The SMILES string of the molecule is C=C1N[C@@H](Cc2ccc(O)cc2)C(=O)N[C@H]1Cc1ccc(N)cc1.NCCCC[C@@H]1NC(=O)[C@H](CC2CCC2)NC1=O.NCCCC[C@@H]1NC(=O)[C@H](CC2CCCC2)NC1=O.S.S.S.S.S.S. The van der Waals surface area contributed by atoms with Crippen LogP contribution in [0.5, 0.6) is 5.75 Å². The smallest absolute Gasteiger partial charge is 0.243 e. The van der Waals surface area contributed by atoms with Crippen LogP contribution in [0.3, 0.4) is 0 Å². The van der Waals surface area contributed by atoms with Gasteiger partial charge in [0.1, 0.15) is 36.0 Å². The fourth-order valence-corrected chi connectivity index (χ4v) is 8.54. The fourth-order valence-electron chi connectivity index (χ4n) is 8.54. The number of carbonyl (C=O) groups is 5. The first-order chi connectivity index (χ1) is 29.4. The summed E-state index contributed by atoms with van der Waals surface area (Å²) in [6.45, 7) is 5.32. The second-order valence-corrected chi connectivity index (χ2v) is 17.3. The van der Waals surface area contributed by atoms with Crippen LogP contribution >= 0.6 is 81.0 Å². The van der Waals surface area contributed by atoms with E-state index in [1.807, 2.05) is 36.4 Å². The van der Waals surface area contributed by atoms with Gasteiger partial charge in [-0.3, -0.25) is 24.0 Å². The fraction of sp³-hybridized carbons (Fsp3) is 0.587. The maximum atomic E-state index is 12.4. The summed E-state index contributed by atoms with van der Waals surface area (Å²) in [5.74, 6) is 1.31. The minimum Gasteiger partial charge on any atom is -0.508 e. The van der Waals surface area contributed by atoms with E-state index in [1.165, 1.54) is 44.9 Å². The predicted molar refractivity (Wildman–Crippen MR) is 299 cm³/mol. The van der Waals surface area contributed by atoms with Crippen LogP contribution in [0.4, 0.5) is 5.69 Å². The molecule has 0 unspecified atom stereocenters. The van der Waals surface area contributed by atoms with Crippen molar-refractivity contribution in [2.45, 2.75) is 145 Å². The van der Waals surface area contributed by atoms with Gasteiger partial charge in [-0.25, -0.2) is 0 Å². The van der Waals surface area contributed by atoms with Crippen molar-refractivity contribution < 1.29 is 29.1 Å². The molecule has 67 heavy (non-hydrogen) atoms. The quantitative estimate of drug-likeness (QED) is 0.0867. The molecule has 13 N–H and O–H groups in total. The van der Waals surface area contributed by atoms with Crippen LogP contribution in [-0.4, -0.2) is 84.0 Å². The molecule has 2 aromatic carbocycles. The third-order valence-corrected chi connectivity index (χ3v) is 12.5. The number of rotatable bonds is 16. The van der Waals surface area contributed by atoms with E-state index in [0.717, 1.165) is 61.0 Å². The lowest BCUT2D eigenvalue weighted by Gasteiger charge is -2.34. The summed E-state index contributed by atoms with van der Waals surface area (Å²) >= 11 is 0. The van der Waals surface area contributed by atoms with Crippen molar-refractivity contribution >= 4 is 116 Å². The third kappa shape index (κ3) is 21.6. The highest BCUT2D eigenvalue weighted by Gasteiger charge is 2.37. The van der Waals surface area contributed by atoms with Gasteiger partial charge in [-0.05, 0) is 118 Å². The molecule has 5 aliphatic rings. The summed E-state index contributed by atoms with van der Waals surface area (Å²) in [6, 6.07) is 12.6. The van der Waals surface area contributed by atoms with Crippen molar-refractivity contribution in [1.82, 2.24) is 31.9 Å². The number of nitrogens with one attached hydrogen (secondary N) is 6. The van der Waals surface area contributed by atoms with Gasteiger partial charge in [0, 0.05) is 17.8 Å². The molecule has 0 bridgehead atoms. The first-order valence-electron chi connectivity index (χ1n) is 22.4. The Bertz CT molecular complexity index is 1730. The standard InChI is InChI=1S/C19H21N3O2.C14H25N3O2.C13H23N3O2.6H2S/c1-12-17(10-13-2-6-15(20)7-3-13)22-19(24)18(21-12)11-14-4-8-16(23)9-5-14;15-8-4-3-7-11-13(18)17-12(14(19)16-11)9-10-5-1-2-6-10;14-7-2-1-6-10-12(17)16-11(13(18)15-10)8-9-4-3-5-9;;;;;;/h2-9,17-18,21,23H,1,10-11,20H2,(H,22,24);10-12H,1-9,15H2,(H,16,19)(H,17,18);9-11H,1-8,14H2,(H,15,18)(H,16,17);6*1H2/t17-,18-;11-,12-;10-,11-;;;;;;/m000....../s1. The minimum absolute atomic E-state index is 0. The first-order valence-corrected chi connectivity index (χ1v) is 22.4. The minimum atomic E-state index is -0.362. The average Bonchev–Trinajstić information content (AvgIpc) is 3.74. The van der Waals surface area contributed by atoms with Crippen molar-refractivity contribution in [1.29, 1.82) is 0 Å². The van der Waals surface area contributed by atoms with Gasteiger partial charge < -0.3 is 54.2 Å². The van der Waals surface area contributed by atoms with Crippen LogP contribution in [-0.2, 0) is 36.8 Å². The highest BCUT2D eigenvalue weighted by Crippen LogP contribution is 2.31. The Labute approximate surface area is 439 Å². The number of phenolic OH excluding ortho intramolecular Hbond substituents is 1. The lowest BCUT2D eigenvalue weighted by Crippen LogP contribution is -2.62. The molecule has 6 atom stereocenters. The molecule has 3 saturated heterocycles. The number of phenols is 1. The molecule has 0 spiro atoms. The maximum Gasteiger partial charge on any atom is 0.243 e. The number of amides is 5. The molecular formula is C46H81N9O6S6. The molecule has 2 aliphatic carbocycles. The van der Waals surface area contributed by atoms with Crippen LogP contribution in [0, 0.1) is 11.8 Å². The third-order valence-electron chi connectivity index (χ3n) is 12.5. The first kappa shape index (κ1) is 66.0. The number of piperazine rings is 3. The molecule has 3 heterocycles. The predicted octanol–water partition coefficient (Wildman–Crippen LogP) is 3.37. The number of unbranched alkanes of at least 4 members (excludes halogenated alkanes) is 2. The van der Waals surface area contributed by atoms with Gasteiger partial charge in [-0.15, -0.1) is 0 Å². The second-order valence-electron chi connectivity index (χ2n) is 17.3. The lowest BCUT2D eigenvalue weighted by atomic mass is 9.80. The van der Waals surface area contributed by atoms with Gasteiger partial charge in [0.2, 0.25) is 29.5 Å². The van der Waals surface area contributed by atoms with Gasteiger partial charge in [0.25, 0.3) is 0 Å². The highest BCUT2D eigenvalue weighted by molar-refractivity contribution is 7.60. The number of aromatic hydroxyl groups is 1. The molecule has 382 valence electrons. The summed E-state index contributed by atoms with van der Waals surface area (Å²) in [7, 11) is 0. The van der Waals surface area contributed by atoms with Gasteiger partial charge in [-0.2, -0.15) is 81.0 Å². The maximum absolute atomic E-state index is 12.4. The van der Waals surface area contributed by atoms with Gasteiger partial charge in [0.05, 0.1) is 6.04 Å².